The molecular weight excluding hydrogens is 706 g/mol. The molecule has 0 aromatic heterocycles. The molecule has 0 aliphatic heterocycles. The van der Waals surface area contributed by atoms with E-state index in [9.17, 15) is 0 Å². The average molecular weight is 754 g/mol. The molecule has 0 heterocycles. The second-order valence-electron chi connectivity index (χ2n) is 14.9. The van der Waals surface area contributed by atoms with E-state index < -0.39 is 18.0 Å². The Labute approximate surface area is 262 Å². The van der Waals surface area contributed by atoms with Crippen molar-refractivity contribution in [1.82, 2.24) is 0 Å². The Morgan fingerprint density at radius 1 is 0.659 bits per heavy atom. The van der Waals surface area contributed by atoms with Crippen molar-refractivity contribution in [3.63, 3.8) is 0 Å². The minimum atomic E-state index is -4.49. The van der Waals surface area contributed by atoms with Gasteiger partial charge in [-0.05, 0) is 0 Å². The predicted octanol–water partition coefficient (Wildman–Crippen LogP) is 10.9. The van der Waals surface area contributed by atoms with Crippen LogP contribution in [0, 0.1) is 0 Å². The summed E-state index contributed by atoms with van der Waals surface area (Å²) in [5.74, 6) is 0. The molecule has 0 radical (unpaired) electrons. The van der Waals surface area contributed by atoms with Crippen LogP contribution in [0.1, 0.15) is 93.2 Å². The van der Waals surface area contributed by atoms with Crippen LogP contribution in [0.2, 0.25) is 7.35 Å². The number of hydrogen-bond donors (Lipinski definition) is 0. The second kappa shape index (κ2) is 11.2. The average Bonchev–Trinajstić information content (AvgIpc) is 3.68. The van der Waals surface area contributed by atoms with Crippen molar-refractivity contribution in [3.05, 3.63) is 113 Å². The van der Waals surface area contributed by atoms with Crippen LogP contribution in [0.25, 0.3) is 11.1 Å². The monoisotopic (exact) mass is 754 g/mol. The van der Waals surface area contributed by atoms with E-state index in [1.165, 1.54) is 47.9 Å². The fraction of sp³-hybridized carbons (Fsp3) is 0.395. The van der Waals surface area contributed by atoms with E-state index in [1.807, 2.05) is 0 Å². The molecule has 3 aliphatic rings. The zero-order chi connectivity index (χ0) is 27.7. The van der Waals surface area contributed by atoms with Crippen molar-refractivity contribution < 1.29 is 18.0 Å². The van der Waals surface area contributed by atoms with Gasteiger partial charge in [-0.2, -0.15) is 0 Å². The van der Waals surface area contributed by atoms with Crippen molar-refractivity contribution in [3.8, 4) is 11.1 Å². The first-order valence-corrected chi connectivity index (χ1v) is 25.7. The molecule has 0 saturated heterocycles. The van der Waals surface area contributed by atoms with E-state index in [0.717, 1.165) is 0 Å². The van der Waals surface area contributed by atoms with Gasteiger partial charge in [0.05, 0.1) is 0 Å². The van der Waals surface area contributed by atoms with Gasteiger partial charge in [0, 0.05) is 0 Å². The van der Waals surface area contributed by atoms with Crippen LogP contribution in [0.3, 0.4) is 0 Å². The van der Waals surface area contributed by atoms with Crippen LogP contribution in [0.5, 0.6) is 0 Å². The van der Waals surface area contributed by atoms with Crippen molar-refractivity contribution in [2.75, 3.05) is 0 Å². The van der Waals surface area contributed by atoms with Crippen molar-refractivity contribution >= 4 is 32.4 Å². The third kappa shape index (κ3) is 4.87. The van der Waals surface area contributed by atoms with Gasteiger partial charge in [0.1, 0.15) is 0 Å². The molecule has 1 saturated carbocycles. The summed E-state index contributed by atoms with van der Waals surface area (Å²) in [6.07, 6.45) is 15.1. The summed E-state index contributed by atoms with van der Waals surface area (Å²) < 4.78 is 8.93. The van der Waals surface area contributed by atoms with Gasteiger partial charge in [0.25, 0.3) is 0 Å². The van der Waals surface area contributed by atoms with Gasteiger partial charge in [-0.3, -0.25) is 0 Å². The maximum absolute atomic E-state index is 5.82. The Kier molecular flexibility index (Phi) is 8.83. The number of fused-ring (bicyclic) bond motifs is 3. The molecule has 218 valence electrons. The van der Waals surface area contributed by atoms with Crippen LogP contribution < -0.4 is 3.32 Å². The molecule has 0 amide bonds. The third-order valence-electron chi connectivity index (χ3n) is 10.8. The normalized spacial score (nSPS) is 17.7. The molecule has 3 aromatic carbocycles. The Morgan fingerprint density at radius 2 is 1.12 bits per heavy atom. The number of rotatable bonds is 4. The molecule has 41 heavy (non-hydrogen) atoms. The Morgan fingerprint density at radius 3 is 1.56 bits per heavy atom. The number of hydrogen-bond acceptors (Lipinski definition) is 0. The SMILES string of the molecule is Cl.Cl.[CH2]=[Hf]([c]1ccccc1)([CH]1C=CC=C1)([CH]1CCCC1)[CH]1c2cc(C(C)(C)C)ccc2-c2ccc(C(C)(C)C)cc21. The molecule has 3 aliphatic carbocycles. The maximum atomic E-state index is 5.82. The second-order valence-corrected chi connectivity index (χ2v) is 36.8. The van der Waals surface area contributed by atoms with Crippen LogP contribution in [0.4, 0.5) is 0 Å². The molecule has 0 N–H and O–H groups in total. The van der Waals surface area contributed by atoms with Crippen molar-refractivity contribution in [1.29, 1.82) is 0 Å². The zero-order valence-electron chi connectivity index (χ0n) is 25.7. The summed E-state index contributed by atoms with van der Waals surface area (Å²) in [5, 5.41) is 0. The zero-order valence-corrected chi connectivity index (χ0v) is 31.0. The first-order chi connectivity index (χ1) is 18.4. The molecule has 0 bridgehead atoms. The molecule has 0 spiro atoms. The topological polar surface area (TPSA) is 0 Å². The van der Waals surface area contributed by atoms with Gasteiger partial charge in [-0.15, -0.1) is 24.8 Å². The van der Waals surface area contributed by atoms with Gasteiger partial charge < -0.3 is 0 Å². The summed E-state index contributed by atoms with van der Waals surface area (Å²) in [7, 11) is 0. The fourth-order valence-electron chi connectivity index (χ4n) is 8.56. The Bertz CT molecular complexity index is 1470. The molecular formula is C38H48Cl2Hf. The number of halogens is 2. The van der Waals surface area contributed by atoms with Crippen LogP contribution in [-0.2, 0) is 28.8 Å². The molecule has 6 rings (SSSR count). The number of allylic oxidation sites excluding steroid dienone is 4. The first kappa shape index (κ1) is 32.4. The van der Waals surface area contributed by atoms with Gasteiger partial charge in [0.15, 0.2) is 0 Å². The van der Waals surface area contributed by atoms with E-state index in [4.69, 9.17) is 4.26 Å². The van der Waals surface area contributed by atoms with Gasteiger partial charge in [-0.1, -0.05) is 0 Å². The van der Waals surface area contributed by atoms with Crippen LogP contribution in [-0.4, -0.2) is 4.26 Å². The summed E-state index contributed by atoms with van der Waals surface area (Å²) in [6.45, 7) is 14.2. The Hall–Kier alpha value is -1.54. The van der Waals surface area contributed by atoms with E-state index in [2.05, 4.69) is 133 Å². The van der Waals surface area contributed by atoms with E-state index in [1.54, 1.807) is 14.4 Å². The molecule has 0 atom stereocenters. The summed E-state index contributed by atoms with van der Waals surface area (Å²) >= 11 is -4.49. The first-order valence-electron chi connectivity index (χ1n) is 15.2. The molecule has 0 unspecified atom stereocenters. The van der Waals surface area contributed by atoms with Gasteiger partial charge in [0.2, 0.25) is 0 Å². The molecule has 0 nitrogen and oxygen atoms in total. The molecule has 1 fully saturated rings. The standard InChI is InChI=1S/C21H25.C6H5.C5H9.C5H5.CH2.2ClH.Hf/c1-20(2,3)16-7-9-18-14(12-16)11-15-13-17(21(4,5)6)8-10-19(15)18;1-2-4-6-5-3-1;2*1-2-4-5-3-1;;;;/h7-13H,1-6H3;1-5H;1H,2-5H2;1-5H;1H2;2*1H;. The van der Waals surface area contributed by atoms with E-state index in [0.29, 0.717) is 11.0 Å². The Balaban J connectivity index is 0.00000194. The van der Waals surface area contributed by atoms with Gasteiger partial charge in [-0.25, -0.2) is 0 Å². The third-order valence-corrected chi connectivity index (χ3v) is 40.2. The predicted molar refractivity (Wildman–Crippen MR) is 183 cm³/mol. The summed E-state index contributed by atoms with van der Waals surface area (Å²) in [6, 6.07) is 26.7. The molecule has 3 heteroatoms. The quantitative estimate of drug-likeness (QED) is 0.233. The van der Waals surface area contributed by atoms with E-state index in [-0.39, 0.29) is 35.6 Å². The van der Waals surface area contributed by atoms with Crippen LogP contribution in [0.15, 0.2) is 91.0 Å². The van der Waals surface area contributed by atoms with Crippen molar-refractivity contribution in [2.24, 2.45) is 0 Å². The van der Waals surface area contributed by atoms with Crippen molar-refractivity contribution in [2.45, 2.75) is 89.1 Å². The minimum absolute atomic E-state index is 0. The molecule has 3 aromatic rings. The van der Waals surface area contributed by atoms with E-state index >= 15 is 0 Å². The summed E-state index contributed by atoms with van der Waals surface area (Å²) in [4.78, 5) is 0. The van der Waals surface area contributed by atoms with Crippen LogP contribution >= 0.6 is 24.8 Å². The summed E-state index contributed by atoms with van der Waals surface area (Å²) in [5.41, 5.74) is 9.13. The van der Waals surface area contributed by atoms with Gasteiger partial charge >= 0.3 is 239 Å². The fourth-order valence-corrected chi connectivity index (χ4v) is 38.9. The number of benzene rings is 3.